The molecule has 1 atom stereocenters. The van der Waals surface area contributed by atoms with E-state index in [9.17, 15) is 13.2 Å². The van der Waals surface area contributed by atoms with Crippen LogP contribution in [0.2, 0.25) is 0 Å². The van der Waals surface area contributed by atoms with E-state index in [1.54, 1.807) is 12.1 Å². The Kier molecular flexibility index (Phi) is 17.0. The number of esters is 1. The maximum atomic E-state index is 12.3. The molecular formula is C20H38O4S. The summed E-state index contributed by atoms with van der Waals surface area (Å²) in [5.41, 5.74) is 1.76. The van der Waals surface area contributed by atoms with Crippen LogP contribution in [0, 0.1) is 6.92 Å². The van der Waals surface area contributed by atoms with Gasteiger partial charge in [-0.1, -0.05) is 84.7 Å². The molecule has 0 radical (unpaired) electrons. The van der Waals surface area contributed by atoms with Gasteiger partial charge in [-0.15, -0.1) is 0 Å². The predicted octanol–water partition coefficient (Wildman–Crippen LogP) is 5.33. The van der Waals surface area contributed by atoms with Gasteiger partial charge in [0.05, 0.1) is 12.9 Å². The van der Waals surface area contributed by atoms with E-state index >= 15 is 0 Å². The number of methoxy groups -OCH3 is 1. The molecule has 0 N–H and O–H groups in total. The summed E-state index contributed by atoms with van der Waals surface area (Å²) in [6.45, 7) is 8.14. The molecule has 0 aliphatic carbocycles. The van der Waals surface area contributed by atoms with Gasteiger partial charge in [0.1, 0.15) is 0 Å². The molecule has 0 bridgehead atoms. The standard InChI is InChI=1S/C14H20O4S.C4H10.2CH4/c1-4-5-13(14(15)18-3)19(16,17)10-12-8-6-11(2)7-9-12;1-3-4-2;;/h6-9,13H,4-5,10H2,1-3H3;3-4H2,1-2H3;2*1H4. The Morgan fingerprint density at radius 2 is 1.48 bits per heavy atom. The third-order valence-corrected chi connectivity index (χ3v) is 5.47. The second-order valence-electron chi connectivity index (χ2n) is 5.59. The van der Waals surface area contributed by atoms with E-state index in [1.165, 1.54) is 20.0 Å². The summed E-state index contributed by atoms with van der Waals surface area (Å²) in [6.07, 6.45) is 3.55. The van der Waals surface area contributed by atoms with Crippen LogP contribution in [-0.4, -0.2) is 26.7 Å². The largest absolute Gasteiger partial charge is 0.468 e. The van der Waals surface area contributed by atoms with Crippen LogP contribution in [0.5, 0.6) is 0 Å². The summed E-state index contributed by atoms with van der Waals surface area (Å²) >= 11 is 0. The van der Waals surface area contributed by atoms with E-state index < -0.39 is 21.1 Å². The third-order valence-electron chi connectivity index (χ3n) is 3.44. The molecule has 0 heterocycles. The van der Waals surface area contributed by atoms with Crippen molar-refractivity contribution >= 4 is 15.8 Å². The van der Waals surface area contributed by atoms with Crippen molar-refractivity contribution in [1.29, 1.82) is 0 Å². The van der Waals surface area contributed by atoms with E-state index in [1.807, 2.05) is 26.0 Å². The third kappa shape index (κ3) is 11.0. The number of aryl methyl sites for hydroxylation is 1. The van der Waals surface area contributed by atoms with Crippen molar-refractivity contribution in [2.24, 2.45) is 0 Å². The number of hydrogen-bond donors (Lipinski definition) is 0. The van der Waals surface area contributed by atoms with Crippen molar-refractivity contribution in [3.05, 3.63) is 35.4 Å². The van der Waals surface area contributed by atoms with Crippen LogP contribution < -0.4 is 0 Å². The van der Waals surface area contributed by atoms with E-state index in [4.69, 9.17) is 0 Å². The quantitative estimate of drug-likeness (QED) is 0.605. The molecular weight excluding hydrogens is 336 g/mol. The zero-order valence-corrected chi connectivity index (χ0v) is 15.8. The van der Waals surface area contributed by atoms with Crippen LogP contribution in [0.4, 0.5) is 0 Å². The second-order valence-corrected chi connectivity index (χ2v) is 7.78. The number of rotatable bonds is 7. The molecule has 0 aliphatic rings. The summed E-state index contributed by atoms with van der Waals surface area (Å²) in [4.78, 5) is 11.6. The number of ether oxygens (including phenoxy) is 1. The normalized spacial score (nSPS) is 11.1. The summed E-state index contributed by atoms with van der Waals surface area (Å²) in [5, 5.41) is -1.07. The molecule has 4 nitrogen and oxygen atoms in total. The number of benzene rings is 1. The van der Waals surface area contributed by atoms with E-state index in [2.05, 4.69) is 18.6 Å². The molecule has 25 heavy (non-hydrogen) atoms. The van der Waals surface area contributed by atoms with Crippen molar-refractivity contribution in [2.45, 2.75) is 79.2 Å². The van der Waals surface area contributed by atoms with Crippen molar-refractivity contribution in [2.75, 3.05) is 7.11 Å². The first-order valence-corrected chi connectivity index (χ1v) is 9.88. The number of unbranched alkanes of at least 4 members (excludes halogenated alkanes) is 1. The smallest absolute Gasteiger partial charge is 0.324 e. The fourth-order valence-electron chi connectivity index (χ4n) is 1.85. The molecule has 1 aromatic carbocycles. The van der Waals surface area contributed by atoms with Gasteiger partial charge in [-0.3, -0.25) is 4.79 Å². The fraction of sp³-hybridized carbons (Fsp3) is 0.650. The molecule has 1 unspecified atom stereocenters. The van der Waals surface area contributed by atoms with E-state index in [-0.39, 0.29) is 20.6 Å². The van der Waals surface area contributed by atoms with Crippen LogP contribution in [0.15, 0.2) is 24.3 Å². The zero-order chi connectivity index (χ0) is 17.9. The Balaban J connectivity index is -0.000000728. The number of hydrogen-bond acceptors (Lipinski definition) is 4. The zero-order valence-electron chi connectivity index (χ0n) is 15.0. The minimum Gasteiger partial charge on any atom is -0.468 e. The lowest BCUT2D eigenvalue weighted by molar-refractivity contribution is -0.140. The number of carbonyl (C=O) groups is 1. The van der Waals surface area contributed by atoms with Gasteiger partial charge in [0.2, 0.25) is 0 Å². The lowest BCUT2D eigenvalue weighted by atomic mass is 10.2. The van der Waals surface area contributed by atoms with Gasteiger partial charge >= 0.3 is 5.97 Å². The molecule has 0 saturated carbocycles. The Hall–Kier alpha value is -1.36. The minimum absolute atomic E-state index is 0. The first kappa shape index (κ1) is 28.4. The first-order chi connectivity index (χ1) is 10.8. The molecule has 5 heteroatoms. The van der Waals surface area contributed by atoms with Crippen molar-refractivity contribution < 1.29 is 17.9 Å². The summed E-state index contributed by atoms with van der Waals surface area (Å²) in [6, 6.07) is 7.26. The van der Waals surface area contributed by atoms with Crippen LogP contribution in [0.1, 0.15) is 72.4 Å². The Labute approximate surface area is 155 Å². The SMILES string of the molecule is C.C.CCCC.CCCC(C(=O)OC)S(=O)(=O)Cc1ccc(C)cc1. The second kappa shape index (κ2) is 14.9. The van der Waals surface area contributed by atoms with Crippen molar-refractivity contribution in [3.8, 4) is 0 Å². The molecule has 0 aromatic heterocycles. The van der Waals surface area contributed by atoms with E-state index in [0.717, 1.165) is 5.56 Å². The minimum atomic E-state index is -3.54. The molecule has 0 aliphatic heterocycles. The highest BCUT2D eigenvalue weighted by Gasteiger charge is 2.32. The van der Waals surface area contributed by atoms with Crippen molar-refractivity contribution in [1.82, 2.24) is 0 Å². The predicted molar refractivity (Wildman–Crippen MR) is 109 cm³/mol. The molecule has 1 aromatic rings. The van der Waals surface area contributed by atoms with Gasteiger partial charge < -0.3 is 4.74 Å². The lowest BCUT2D eigenvalue weighted by Gasteiger charge is -2.14. The number of sulfone groups is 1. The average molecular weight is 375 g/mol. The van der Waals surface area contributed by atoms with Gasteiger partial charge in [-0.25, -0.2) is 8.42 Å². The summed E-state index contributed by atoms with van der Waals surface area (Å²) < 4.78 is 29.1. The lowest BCUT2D eigenvalue weighted by Crippen LogP contribution is -2.32. The van der Waals surface area contributed by atoms with Crippen LogP contribution in [-0.2, 0) is 25.1 Å². The van der Waals surface area contributed by atoms with E-state index in [0.29, 0.717) is 18.4 Å². The first-order valence-electron chi connectivity index (χ1n) is 8.17. The van der Waals surface area contributed by atoms with Gasteiger partial charge in [-0.2, -0.15) is 0 Å². The van der Waals surface area contributed by atoms with Crippen LogP contribution >= 0.6 is 0 Å². The fourth-order valence-corrected chi connectivity index (χ4v) is 3.70. The maximum Gasteiger partial charge on any atom is 0.324 e. The van der Waals surface area contributed by atoms with Crippen LogP contribution in [0.25, 0.3) is 0 Å². The maximum absolute atomic E-state index is 12.3. The highest BCUT2D eigenvalue weighted by molar-refractivity contribution is 7.92. The Bertz CT molecular complexity index is 546. The molecule has 0 saturated heterocycles. The molecule has 148 valence electrons. The molecule has 1 rings (SSSR count). The van der Waals surface area contributed by atoms with Gasteiger partial charge in [0, 0.05) is 0 Å². The number of carbonyl (C=O) groups excluding carboxylic acids is 1. The molecule has 0 fully saturated rings. The highest BCUT2D eigenvalue weighted by atomic mass is 32.2. The Morgan fingerprint density at radius 1 is 1.00 bits per heavy atom. The summed E-state index contributed by atoms with van der Waals surface area (Å²) in [5.74, 6) is -0.804. The van der Waals surface area contributed by atoms with Gasteiger partial charge in [-0.05, 0) is 18.9 Å². The van der Waals surface area contributed by atoms with Gasteiger partial charge in [0.25, 0.3) is 0 Å². The average Bonchev–Trinajstić information content (AvgIpc) is 2.54. The van der Waals surface area contributed by atoms with Gasteiger partial charge in [0.15, 0.2) is 15.1 Å². The Morgan fingerprint density at radius 3 is 1.84 bits per heavy atom. The highest BCUT2D eigenvalue weighted by Crippen LogP contribution is 2.17. The topological polar surface area (TPSA) is 60.4 Å². The monoisotopic (exact) mass is 374 g/mol. The van der Waals surface area contributed by atoms with Crippen LogP contribution in [0.3, 0.4) is 0 Å². The summed E-state index contributed by atoms with van der Waals surface area (Å²) in [7, 11) is -2.32. The molecule has 0 spiro atoms. The molecule has 0 amide bonds. The van der Waals surface area contributed by atoms with Crippen molar-refractivity contribution in [3.63, 3.8) is 0 Å².